The molecule has 0 fully saturated rings. The minimum atomic E-state index is 0.00874. The van der Waals surface area contributed by atoms with E-state index in [0.29, 0.717) is 6.54 Å². The van der Waals surface area contributed by atoms with Gasteiger partial charge in [-0.05, 0) is 17.2 Å². The van der Waals surface area contributed by atoms with Gasteiger partial charge in [-0.3, -0.25) is 0 Å². The monoisotopic (exact) mass is 267 g/mol. The summed E-state index contributed by atoms with van der Waals surface area (Å²) >= 11 is 0. The third-order valence-electron chi connectivity index (χ3n) is 3.49. The van der Waals surface area contributed by atoms with Crippen molar-refractivity contribution >= 4 is 11.4 Å². The Balaban J connectivity index is 1.84. The number of oxime groups is 1. The van der Waals surface area contributed by atoms with E-state index in [2.05, 4.69) is 17.3 Å². The van der Waals surface area contributed by atoms with Crippen LogP contribution in [0, 0.1) is 0 Å². The van der Waals surface area contributed by atoms with Crippen LogP contribution >= 0.6 is 0 Å². The largest absolute Gasteiger partial charge is 0.398 e. The second kappa shape index (κ2) is 5.35. The molecule has 0 spiro atoms. The van der Waals surface area contributed by atoms with Crippen LogP contribution in [-0.4, -0.2) is 18.4 Å². The molecule has 1 atom stereocenters. The molecule has 0 saturated heterocycles. The lowest BCUT2D eigenvalue weighted by molar-refractivity contribution is 0.0918. The maximum atomic E-state index is 5.99. The summed E-state index contributed by atoms with van der Waals surface area (Å²) in [4.78, 5) is 5.25. The molecule has 2 aromatic carbocycles. The summed E-state index contributed by atoms with van der Waals surface area (Å²) in [7, 11) is 0. The van der Waals surface area contributed by atoms with E-state index < -0.39 is 0 Å². The van der Waals surface area contributed by atoms with Gasteiger partial charge in [0.25, 0.3) is 0 Å². The molecular formula is C16H17N3O. The Morgan fingerprint density at radius 3 is 2.40 bits per heavy atom. The van der Waals surface area contributed by atoms with Gasteiger partial charge in [0.15, 0.2) is 0 Å². The van der Waals surface area contributed by atoms with Crippen LogP contribution in [0.15, 0.2) is 53.7 Å². The van der Waals surface area contributed by atoms with E-state index in [4.69, 9.17) is 16.3 Å². The van der Waals surface area contributed by atoms with E-state index in [9.17, 15) is 0 Å². The van der Waals surface area contributed by atoms with Crippen molar-refractivity contribution in [3.8, 4) is 11.1 Å². The fraction of sp³-hybridized carbons (Fsp3) is 0.188. The van der Waals surface area contributed by atoms with Crippen LogP contribution < -0.4 is 11.5 Å². The van der Waals surface area contributed by atoms with Crippen molar-refractivity contribution in [1.82, 2.24) is 0 Å². The molecule has 4 heteroatoms. The van der Waals surface area contributed by atoms with E-state index in [0.717, 1.165) is 34.5 Å². The van der Waals surface area contributed by atoms with Crippen LogP contribution in [0.25, 0.3) is 11.1 Å². The summed E-state index contributed by atoms with van der Waals surface area (Å²) in [5.41, 5.74) is 16.5. The lowest BCUT2D eigenvalue weighted by Crippen LogP contribution is -2.20. The number of anilines is 1. The molecule has 0 amide bonds. The van der Waals surface area contributed by atoms with Crippen molar-refractivity contribution in [2.45, 2.75) is 12.5 Å². The summed E-state index contributed by atoms with van der Waals surface area (Å²) in [6.45, 7) is 0.492. The van der Waals surface area contributed by atoms with Crippen molar-refractivity contribution in [2.24, 2.45) is 10.9 Å². The molecule has 0 radical (unpaired) electrons. The predicted molar refractivity (Wildman–Crippen MR) is 81.4 cm³/mol. The van der Waals surface area contributed by atoms with Gasteiger partial charge in [0, 0.05) is 24.2 Å². The summed E-state index contributed by atoms with van der Waals surface area (Å²) < 4.78 is 0. The number of nitrogen functional groups attached to an aromatic ring is 1. The highest BCUT2D eigenvalue weighted by Crippen LogP contribution is 2.26. The van der Waals surface area contributed by atoms with Gasteiger partial charge < -0.3 is 16.3 Å². The van der Waals surface area contributed by atoms with Crippen LogP contribution in [0.2, 0.25) is 0 Å². The number of benzene rings is 2. The van der Waals surface area contributed by atoms with Gasteiger partial charge in [-0.25, -0.2) is 0 Å². The fourth-order valence-electron chi connectivity index (χ4n) is 2.33. The molecule has 2 aromatic rings. The van der Waals surface area contributed by atoms with E-state index in [1.807, 2.05) is 36.4 Å². The molecule has 1 heterocycles. The SMILES string of the molecule is NCC1CC(c2ccc(-c3ccccc3N)cc2)=NO1. The topological polar surface area (TPSA) is 73.6 Å². The van der Waals surface area contributed by atoms with Crippen LogP contribution in [0.4, 0.5) is 5.69 Å². The molecule has 3 rings (SSSR count). The molecule has 1 unspecified atom stereocenters. The maximum absolute atomic E-state index is 5.99. The van der Waals surface area contributed by atoms with Crippen molar-refractivity contribution in [2.75, 3.05) is 12.3 Å². The molecule has 0 aliphatic carbocycles. The van der Waals surface area contributed by atoms with Crippen LogP contribution in [0.5, 0.6) is 0 Å². The molecule has 4 N–H and O–H groups in total. The van der Waals surface area contributed by atoms with Gasteiger partial charge in [-0.15, -0.1) is 0 Å². The second-order valence-electron chi connectivity index (χ2n) is 4.87. The Morgan fingerprint density at radius 2 is 1.75 bits per heavy atom. The van der Waals surface area contributed by atoms with E-state index in [1.165, 1.54) is 0 Å². The van der Waals surface area contributed by atoms with E-state index in [-0.39, 0.29) is 6.10 Å². The Morgan fingerprint density at radius 1 is 1.05 bits per heavy atom. The zero-order chi connectivity index (χ0) is 13.9. The normalized spacial score (nSPS) is 17.6. The van der Waals surface area contributed by atoms with Crippen LogP contribution in [0.1, 0.15) is 12.0 Å². The quantitative estimate of drug-likeness (QED) is 0.838. The van der Waals surface area contributed by atoms with Crippen molar-refractivity contribution in [3.63, 3.8) is 0 Å². The average molecular weight is 267 g/mol. The first-order valence-electron chi connectivity index (χ1n) is 6.66. The first kappa shape index (κ1) is 12.7. The molecule has 20 heavy (non-hydrogen) atoms. The van der Waals surface area contributed by atoms with Gasteiger partial charge in [0.1, 0.15) is 6.10 Å². The third kappa shape index (κ3) is 2.38. The number of nitrogens with zero attached hydrogens (tertiary/aromatic N) is 1. The summed E-state index contributed by atoms with van der Waals surface area (Å²) in [6.07, 6.45) is 0.776. The number of rotatable bonds is 3. The lowest BCUT2D eigenvalue weighted by Gasteiger charge is -2.07. The highest BCUT2D eigenvalue weighted by molar-refractivity contribution is 6.01. The van der Waals surface area contributed by atoms with Crippen molar-refractivity contribution < 1.29 is 4.84 Å². The molecule has 102 valence electrons. The molecule has 1 aliphatic rings. The minimum absolute atomic E-state index is 0.00874. The molecular weight excluding hydrogens is 250 g/mol. The first-order chi connectivity index (χ1) is 9.78. The fourth-order valence-corrected chi connectivity index (χ4v) is 2.33. The minimum Gasteiger partial charge on any atom is -0.398 e. The van der Waals surface area contributed by atoms with Crippen molar-refractivity contribution in [3.05, 3.63) is 54.1 Å². The summed E-state index contributed by atoms with van der Waals surface area (Å²) in [6, 6.07) is 16.0. The summed E-state index contributed by atoms with van der Waals surface area (Å²) in [5, 5.41) is 4.09. The van der Waals surface area contributed by atoms with E-state index >= 15 is 0 Å². The van der Waals surface area contributed by atoms with Gasteiger partial charge in [0.05, 0.1) is 5.71 Å². The highest BCUT2D eigenvalue weighted by atomic mass is 16.6. The van der Waals surface area contributed by atoms with Gasteiger partial charge >= 0.3 is 0 Å². The lowest BCUT2D eigenvalue weighted by atomic mass is 9.99. The van der Waals surface area contributed by atoms with Crippen LogP contribution in [-0.2, 0) is 4.84 Å². The third-order valence-corrected chi connectivity index (χ3v) is 3.49. The number of hydrogen-bond acceptors (Lipinski definition) is 4. The Labute approximate surface area is 118 Å². The zero-order valence-corrected chi connectivity index (χ0v) is 11.1. The van der Waals surface area contributed by atoms with Crippen molar-refractivity contribution in [1.29, 1.82) is 0 Å². The highest BCUT2D eigenvalue weighted by Gasteiger charge is 2.20. The molecule has 0 bridgehead atoms. The Hall–Kier alpha value is -2.33. The average Bonchev–Trinajstić information content (AvgIpc) is 2.97. The molecule has 0 aromatic heterocycles. The van der Waals surface area contributed by atoms with Gasteiger partial charge in [-0.2, -0.15) is 0 Å². The summed E-state index contributed by atoms with van der Waals surface area (Å²) in [5.74, 6) is 0. The number of para-hydroxylation sites is 1. The Kier molecular flexibility index (Phi) is 3.39. The van der Waals surface area contributed by atoms with E-state index in [1.54, 1.807) is 0 Å². The Bertz CT molecular complexity index is 634. The predicted octanol–water partition coefficient (Wildman–Crippen LogP) is 2.39. The molecule has 1 aliphatic heterocycles. The smallest absolute Gasteiger partial charge is 0.145 e. The van der Waals surface area contributed by atoms with Crippen LogP contribution in [0.3, 0.4) is 0 Å². The van der Waals surface area contributed by atoms with Gasteiger partial charge in [-0.1, -0.05) is 47.6 Å². The number of nitrogens with two attached hydrogens (primary N) is 2. The standard InChI is InChI=1S/C16H17N3O/c17-10-13-9-16(19-20-13)12-7-5-11(6-8-12)14-3-1-2-4-15(14)18/h1-8,13H,9-10,17-18H2. The number of hydrogen-bond donors (Lipinski definition) is 2. The zero-order valence-electron chi connectivity index (χ0n) is 11.1. The first-order valence-corrected chi connectivity index (χ1v) is 6.66. The second-order valence-corrected chi connectivity index (χ2v) is 4.87. The maximum Gasteiger partial charge on any atom is 0.145 e. The molecule has 4 nitrogen and oxygen atoms in total. The van der Waals surface area contributed by atoms with Gasteiger partial charge in [0.2, 0.25) is 0 Å². The molecule has 0 saturated carbocycles.